The molecule has 0 bridgehead atoms. The van der Waals surface area contributed by atoms with Crippen molar-refractivity contribution in [2.75, 3.05) is 5.01 Å². The Bertz CT molecular complexity index is 919. The van der Waals surface area contributed by atoms with E-state index in [9.17, 15) is 0 Å². The highest BCUT2D eigenvalue weighted by molar-refractivity contribution is 9.10. The maximum Gasteiger partial charge on any atom is 0.206 e. The van der Waals surface area contributed by atoms with Crippen molar-refractivity contribution in [2.45, 2.75) is 19.4 Å². The summed E-state index contributed by atoms with van der Waals surface area (Å²) in [7, 11) is 0. The Morgan fingerprint density at radius 1 is 1.12 bits per heavy atom. The quantitative estimate of drug-likeness (QED) is 0.491. The average molecular weight is 433 g/mol. The first-order valence-electron chi connectivity index (χ1n) is 7.90. The predicted molar refractivity (Wildman–Crippen MR) is 109 cm³/mol. The topological polar surface area (TPSA) is 28.5 Å². The molecule has 1 aromatic heterocycles. The second-order valence-electron chi connectivity index (χ2n) is 5.94. The Morgan fingerprint density at radius 2 is 1.84 bits per heavy atom. The minimum Gasteiger partial charge on any atom is -0.231 e. The molecular formula is C19H15BrClN3S. The number of aromatic nitrogens is 1. The zero-order valence-electron chi connectivity index (χ0n) is 13.5. The van der Waals surface area contributed by atoms with Crippen molar-refractivity contribution in [2.24, 2.45) is 5.10 Å². The van der Waals surface area contributed by atoms with Gasteiger partial charge in [-0.1, -0.05) is 51.8 Å². The summed E-state index contributed by atoms with van der Waals surface area (Å²) < 4.78 is 1.07. The van der Waals surface area contributed by atoms with Gasteiger partial charge in [0.2, 0.25) is 5.13 Å². The monoisotopic (exact) mass is 431 g/mol. The molecule has 0 unspecified atom stereocenters. The van der Waals surface area contributed by atoms with Crippen LogP contribution in [0.3, 0.4) is 0 Å². The molecule has 126 valence electrons. The van der Waals surface area contributed by atoms with Crippen LogP contribution in [0.15, 0.2) is 63.5 Å². The fourth-order valence-corrected chi connectivity index (χ4v) is 4.09. The highest BCUT2D eigenvalue weighted by Crippen LogP contribution is 2.38. The van der Waals surface area contributed by atoms with Crippen LogP contribution in [0.1, 0.15) is 29.3 Å². The lowest BCUT2D eigenvalue weighted by Crippen LogP contribution is -2.18. The fourth-order valence-electron chi connectivity index (χ4n) is 2.89. The smallest absolute Gasteiger partial charge is 0.206 e. The van der Waals surface area contributed by atoms with Gasteiger partial charge < -0.3 is 0 Å². The zero-order chi connectivity index (χ0) is 17.4. The third-order valence-corrected chi connectivity index (χ3v) is 5.87. The summed E-state index contributed by atoms with van der Waals surface area (Å²) in [6.07, 6.45) is 0.835. The molecule has 0 saturated carbocycles. The first-order chi connectivity index (χ1) is 12.1. The molecule has 0 fully saturated rings. The van der Waals surface area contributed by atoms with Gasteiger partial charge in [0.1, 0.15) is 0 Å². The van der Waals surface area contributed by atoms with Crippen LogP contribution in [0, 0.1) is 6.92 Å². The molecule has 6 heteroatoms. The minimum absolute atomic E-state index is 0.126. The Labute approximate surface area is 164 Å². The number of aryl methyl sites for hydroxylation is 1. The van der Waals surface area contributed by atoms with Crippen LogP contribution in [0.4, 0.5) is 5.13 Å². The van der Waals surface area contributed by atoms with Gasteiger partial charge in [0.25, 0.3) is 0 Å². The van der Waals surface area contributed by atoms with Gasteiger partial charge in [0, 0.05) is 21.3 Å². The SMILES string of the molecule is Cc1csc(N2N=C(c3ccc(Br)cc3)C[C@H]2c2ccc(Cl)cc2)n1. The van der Waals surface area contributed by atoms with E-state index in [-0.39, 0.29) is 6.04 Å². The molecule has 25 heavy (non-hydrogen) atoms. The largest absolute Gasteiger partial charge is 0.231 e. The van der Waals surface area contributed by atoms with Crippen LogP contribution >= 0.6 is 38.9 Å². The molecule has 3 nitrogen and oxygen atoms in total. The molecule has 2 heterocycles. The van der Waals surface area contributed by atoms with Crippen molar-refractivity contribution < 1.29 is 0 Å². The van der Waals surface area contributed by atoms with Gasteiger partial charge >= 0.3 is 0 Å². The van der Waals surface area contributed by atoms with Crippen molar-refractivity contribution in [3.05, 3.63) is 80.2 Å². The van der Waals surface area contributed by atoms with Crippen LogP contribution in [-0.2, 0) is 0 Å². The van der Waals surface area contributed by atoms with Gasteiger partial charge in [-0.3, -0.25) is 0 Å². The van der Waals surface area contributed by atoms with Crippen LogP contribution in [0.5, 0.6) is 0 Å². The molecular weight excluding hydrogens is 418 g/mol. The summed E-state index contributed by atoms with van der Waals surface area (Å²) in [5.41, 5.74) is 4.41. The summed E-state index contributed by atoms with van der Waals surface area (Å²) in [6.45, 7) is 2.01. The van der Waals surface area contributed by atoms with Gasteiger partial charge in [-0.25, -0.2) is 9.99 Å². The standard InChI is InChI=1S/C19H15BrClN3S/c1-12-11-25-19(22-12)24-18(14-4-8-16(21)9-5-14)10-17(23-24)13-2-6-15(20)7-3-13/h2-9,11,18H,10H2,1H3/t18-/m0/s1. The minimum atomic E-state index is 0.126. The molecule has 0 N–H and O–H groups in total. The predicted octanol–water partition coefficient (Wildman–Crippen LogP) is 6.22. The second kappa shape index (κ2) is 6.90. The molecule has 3 aromatic rings. The highest BCUT2D eigenvalue weighted by atomic mass is 79.9. The number of hydrazone groups is 1. The number of halogens is 2. The molecule has 1 atom stereocenters. The third kappa shape index (κ3) is 3.50. The Kier molecular flexibility index (Phi) is 4.63. The summed E-state index contributed by atoms with van der Waals surface area (Å²) in [4.78, 5) is 4.63. The summed E-state index contributed by atoms with van der Waals surface area (Å²) in [5.74, 6) is 0. The van der Waals surface area contributed by atoms with E-state index < -0.39 is 0 Å². The van der Waals surface area contributed by atoms with Crippen LogP contribution in [0.2, 0.25) is 5.02 Å². The van der Waals surface area contributed by atoms with E-state index >= 15 is 0 Å². The Hall–Kier alpha value is -1.69. The highest BCUT2D eigenvalue weighted by Gasteiger charge is 2.31. The molecule has 0 amide bonds. The number of hydrogen-bond donors (Lipinski definition) is 0. The number of rotatable bonds is 3. The number of hydrogen-bond acceptors (Lipinski definition) is 4. The molecule has 1 aliphatic rings. The number of nitrogens with zero attached hydrogens (tertiary/aromatic N) is 3. The third-order valence-electron chi connectivity index (χ3n) is 4.15. The van der Waals surface area contributed by atoms with Gasteiger partial charge in [0.15, 0.2) is 0 Å². The molecule has 0 saturated heterocycles. The fraction of sp³-hybridized carbons (Fsp3) is 0.158. The number of benzene rings is 2. The molecule has 0 radical (unpaired) electrons. The van der Waals surface area contributed by atoms with Crippen molar-refractivity contribution in [1.29, 1.82) is 0 Å². The molecule has 0 spiro atoms. The van der Waals surface area contributed by atoms with Crippen molar-refractivity contribution in [3.8, 4) is 0 Å². The van der Waals surface area contributed by atoms with E-state index in [4.69, 9.17) is 16.7 Å². The van der Waals surface area contributed by atoms with Gasteiger partial charge in [0.05, 0.1) is 17.4 Å². The van der Waals surface area contributed by atoms with E-state index in [2.05, 4.69) is 50.6 Å². The first kappa shape index (κ1) is 16.8. The van der Waals surface area contributed by atoms with E-state index in [1.807, 2.05) is 36.2 Å². The summed E-state index contributed by atoms with van der Waals surface area (Å²) in [5, 5.41) is 10.7. The van der Waals surface area contributed by atoms with Gasteiger partial charge in [-0.05, 0) is 42.3 Å². The normalized spacial score (nSPS) is 17.0. The van der Waals surface area contributed by atoms with Gasteiger partial charge in [-0.15, -0.1) is 11.3 Å². The Morgan fingerprint density at radius 3 is 2.48 bits per heavy atom. The lowest BCUT2D eigenvalue weighted by atomic mass is 9.99. The molecule has 1 aliphatic heterocycles. The van der Waals surface area contributed by atoms with Crippen molar-refractivity contribution in [3.63, 3.8) is 0 Å². The molecule has 2 aromatic carbocycles. The van der Waals surface area contributed by atoms with E-state index in [0.29, 0.717) is 0 Å². The number of anilines is 1. The maximum absolute atomic E-state index is 6.06. The molecule has 0 aliphatic carbocycles. The van der Waals surface area contributed by atoms with Crippen molar-refractivity contribution >= 4 is 49.7 Å². The van der Waals surface area contributed by atoms with E-state index in [0.717, 1.165) is 38.0 Å². The van der Waals surface area contributed by atoms with Crippen LogP contribution in [-0.4, -0.2) is 10.7 Å². The maximum atomic E-state index is 6.06. The zero-order valence-corrected chi connectivity index (χ0v) is 16.6. The van der Waals surface area contributed by atoms with Crippen LogP contribution in [0.25, 0.3) is 0 Å². The number of thiazole rings is 1. The average Bonchev–Trinajstić information content (AvgIpc) is 3.23. The first-order valence-corrected chi connectivity index (χ1v) is 9.95. The molecule has 4 rings (SSSR count). The van der Waals surface area contributed by atoms with Gasteiger partial charge in [-0.2, -0.15) is 5.10 Å². The second-order valence-corrected chi connectivity index (χ2v) is 8.13. The summed E-state index contributed by atoms with van der Waals surface area (Å²) in [6, 6.07) is 16.4. The summed E-state index contributed by atoms with van der Waals surface area (Å²) >= 11 is 11.2. The van der Waals surface area contributed by atoms with E-state index in [1.165, 1.54) is 5.56 Å². The lowest BCUT2D eigenvalue weighted by Gasteiger charge is -2.21. The van der Waals surface area contributed by atoms with Crippen LogP contribution < -0.4 is 5.01 Å². The lowest BCUT2D eigenvalue weighted by molar-refractivity contribution is 0.705. The Balaban J connectivity index is 1.73. The van der Waals surface area contributed by atoms with E-state index in [1.54, 1.807) is 11.3 Å². The van der Waals surface area contributed by atoms with Crippen molar-refractivity contribution in [1.82, 2.24) is 4.98 Å².